The van der Waals surface area contributed by atoms with E-state index >= 15 is 0 Å². The van der Waals surface area contributed by atoms with Gasteiger partial charge < -0.3 is 9.80 Å². The van der Waals surface area contributed by atoms with Gasteiger partial charge in [-0.15, -0.1) is 0 Å². The number of amides is 2. The summed E-state index contributed by atoms with van der Waals surface area (Å²) in [5.41, 5.74) is 1.77. The lowest BCUT2D eigenvalue weighted by Crippen LogP contribution is -2.57. The maximum absolute atomic E-state index is 12.4. The predicted molar refractivity (Wildman–Crippen MR) is 80.0 cm³/mol. The molecule has 0 N–H and O–H groups in total. The van der Waals surface area contributed by atoms with Crippen molar-refractivity contribution in [3.05, 3.63) is 28.8 Å². The lowest BCUT2D eigenvalue weighted by molar-refractivity contribution is -0.140. The summed E-state index contributed by atoms with van der Waals surface area (Å²) in [4.78, 5) is 27.6. The number of benzene rings is 1. The number of aryl methyl sites for hydroxylation is 1. The van der Waals surface area contributed by atoms with Crippen LogP contribution in [0.1, 0.15) is 25.8 Å². The van der Waals surface area contributed by atoms with Crippen LogP contribution >= 0.6 is 11.6 Å². The van der Waals surface area contributed by atoms with E-state index in [-0.39, 0.29) is 11.8 Å². The maximum Gasteiger partial charge on any atom is 0.249 e. The van der Waals surface area contributed by atoms with Crippen LogP contribution in [0.5, 0.6) is 0 Å². The molecule has 5 heteroatoms. The molecule has 1 saturated heterocycles. The zero-order valence-electron chi connectivity index (χ0n) is 12.0. The molecule has 2 rings (SSSR count). The van der Waals surface area contributed by atoms with Gasteiger partial charge in [0.25, 0.3) is 0 Å². The molecule has 1 heterocycles. The second-order valence-electron chi connectivity index (χ2n) is 5.04. The fraction of sp³-hybridized carbons (Fsp3) is 0.467. The largest absolute Gasteiger partial charge is 0.329 e. The van der Waals surface area contributed by atoms with E-state index in [0.717, 1.165) is 11.3 Å². The topological polar surface area (TPSA) is 40.6 Å². The lowest BCUT2D eigenvalue weighted by Gasteiger charge is -2.39. The molecule has 1 aliphatic rings. The molecule has 0 bridgehead atoms. The van der Waals surface area contributed by atoms with E-state index in [1.54, 1.807) is 22.8 Å². The Morgan fingerprint density at radius 2 is 2.10 bits per heavy atom. The molecular weight excluding hydrogens is 276 g/mol. The van der Waals surface area contributed by atoms with Crippen LogP contribution in [0.15, 0.2) is 18.2 Å². The number of hydrogen-bond donors (Lipinski definition) is 0. The van der Waals surface area contributed by atoms with Crippen molar-refractivity contribution in [1.29, 1.82) is 0 Å². The van der Waals surface area contributed by atoms with Crippen LogP contribution in [0, 0.1) is 6.92 Å². The number of rotatable bonds is 2. The molecule has 1 aromatic carbocycles. The molecule has 20 heavy (non-hydrogen) atoms. The Bertz CT molecular complexity index is 545. The van der Waals surface area contributed by atoms with Gasteiger partial charge in [-0.3, -0.25) is 9.59 Å². The molecule has 0 unspecified atom stereocenters. The molecule has 0 aromatic heterocycles. The Balaban J connectivity index is 2.22. The second kappa shape index (κ2) is 5.83. The van der Waals surface area contributed by atoms with Gasteiger partial charge in [-0.05, 0) is 31.5 Å². The Morgan fingerprint density at radius 3 is 2.70 bits per heavy atom. The van der Waals surface area contributed by atoms with Gasteiger partial charge in [-0.2, -0.15) is 0 Å². The molecule has 1 aliphatic heterocycles. The van der Waals surface area contributed by atoms with Gasteiger partial charge in [0.15, 0.2) is 0 Å². The second-order valence-corrected chi connectivity index (χ2v) is 5.45. The molecule has 0 aliphatic carbocycles. The minimum absolute atomic E-state index is 0.0208. The van der Waals surface area contributed by atoms with Crippen molar-refractivity contribution < 1.29 is 9.59 Å². The van der Waals surface area contributed by atoms with Crippen LogP contribution in [0.4, 0.5) is 5.69 Å². The minimum atomic E-state index is -0.420. The summed E-state index contributed by atoms with van der Waals surface area (Å²) in [5, 5.41) is 0.648. The third-order valence-corrected chi connectivity index (χ3v) is 4.15. The van der Waals surface area contributed by atoms with Crippen LogP contribution in [-0.4, -0.2) is 35.8 Å². The molecule has 4 nitrogen and oxygen atoms in total. The molecule has 2 amide bonds. The Kier molecular flexibility index (Phi) is 4.33. The van der Waals surface area contributed by atoms with E-state index in [2.05, 4.69) is 0 Å². The van der Waals surface area contributed by atoms with Crippen molar-refractivity contribution in [3.63, 3.8) is 0 Å². The Labute approximate surface area is 124 Å². The summed E-state index contributed by atoms with van der Waals surface area (Å²) in [7, 11) is 0. The summed E-state index contributed by atoms with van der Waals surface area (Å²) >= 11 is 6.12. The summed E-state index contributed by atoms with van der Waals surface area (Å²) in [6, 6.07) is 5.18. The van der Waals surface area contributed by atoms with Gasteiger partial charge in [0.05, 0.1) is 0 Å². The third kappa shape index (κ3) is 2.66. The highest BCUT2D eigenvalue weighted by atomic mass is 35.5. The zero-order chi connectivity index (χ0) is 14.9. The van der Waals surface area contributed by atoms with Crippen LogP contribution in [0.3, 0.4) is 0 Å². The number of carbonyl (C=O) groups is 2. The number of anilines is 1. The van der Waals surface area contributed by atoms with E-state index in [4.69, 9.17) is 11.6 Å². The number of nitrogens with zero attached hydrogens (tertiary/aromatic N) is 2. The van der Waals surface area contributed by atoms with Crippen molar-refractivity contribution >= 4 is 29.1 Å². The van der Waals surface area contributed by atoms with E-state index < -0.39 is 6.04 Å². The van der Waals surface area contributed by atoms with Crippen LogP contribution in [0.2, 0.25) is 5.02 Å². The first kappa shape index (κ1) is 14.9. The Hall–Kier alpha value is -1.55. The molecule has 108 valence electrons. The number of halogens is 1. The monoisotopic (exact) mass is 294 g/mol. The average molecular weight is 295 g/mol. The predicted octanol–water partition coefficient (Wildman–Crippen LogP) is 2.62. The fourth-order valence-corrected chi connectivity index (χ4v) is 2.59. The molecule has 1 atom stereocenters. The molecular formula is C15H19ClN2O2. The summed E-state index contributed by atoms with van der Waals surface area (Å²) < 4.78 is 0. The van der Waals surface area contributed by atoms with Gasteiger partial charge >= 0.3 is 0 Å². The number of piperazine rings is 1. The van der Waals surface area contributed by atoms with Crippen molar-refractivity contribution in [2.75, 3.05) is 18.0 Å². The van der Waals surface area contributed by atoms with Crippen molar-refractivity contribution in [2.45, 2.75) is 33.2 Å². The quantitative estimate of drug-likeness (QED) is 0.841. The molecule has 1 fully saturated rings. The normalized spacial score (nSPS) is 19.4. The Morgan fingerprint density at radius 1 is 1.40 bits per heavy atom. The number of hydrogen-bond acceptors (Lipinski definition) is 2. The van der Waals surface area contributed by atoms with E-state index in [1.807, 2.05) is 26.0 Å². The van der Waals surface area contributed by atoms with Gasteiger partial charge in [0, 0.05) is 30.2 Å². The van der Waals surface area contributed by atoms with Crippen LogP contribution < -0.4 is 4.90 Å². The lowest BCUT2D eigenvalue weighted by atomic mass is 10.1. The third-order valence-electron chi connectivity index (χ3n) is 3.75. The first-order valence-electron chi connectivity index (χ1n) is 6.82. The first-order chi connectivity index (χ1) is 9.45. The molecule has 0 radical (unpaired) electrons. The summed E-state index contributed by atoms with van der Waals surface area (Å²) in [6.07, 6.45) is 0.425. The van der Waals surface area contributed by atoms with Crippen molar-refractivity contribution in [3.8, 4) is 0 Å². The molecule has 0 saturated carbocycles. The standard InChI is InChI=1S/C15H19ClN2O2/c1-4-14(19)17-7-8-18(15(20)11(17)3)12-6-5-10(2)13(16)9-12/h5-6,9,11H,4,7-8H2,1-3H3/t11-/m0/s1. The van der Waals surface area contributed by atoms with Gasteiger partial charge in [-0.25, -0.2) is 0 Å². The van der Waals surface area contributed by atoms with Gasteiger partial charge in [-0.1, -0.05) is 24.6 Å². The average Bonchev–Trinajstić information content (AvgIpc) is 2.44. The summed E-state index contributed by atoms with van der Waals surface area (Å²) in [5.74, 6) is -0.0367. The highest BCUT2D eigenvalue weighted by Gasteiger charge is 2.34. The first-order valence-corrected chi connectivity index (χ1v) is 7.20. The highest BCUT2D eigenvalue weighted by Crippen LogP contribution is 2.26. The summed E-state index contributed by atoms with van der Waals surface area (Å²) in [6.45, 7) is 6.58. The minimum Gasteiger partial charge on any atom is -0.329 e. The van der Waals surface area contributed by atoms with Gasteiger partial charge in [0.2, 0.25) is 11.8 Å². The van der Waals surface area contributed by atoms with Crippen LogP contribution in [-0.2, 0) is 9.59 Å². The van der Waals surface area contributed by atoms with Crippen LogP contribution in [0.25, 0.3) is 0 Å². The molecule has 0 spiro atoms. The zero-order valence-corrected chi connectivity index (χ0v) is 12.8. The fourth-order valence-electron chi connectivity index (χ4n) is 2.42. The van der Waals surface area contributed by atoms with E-state index in [0.29, 0.717) is 24.5 Å². The SMILES string of the molecule is CCC(=O)N1CCN(c2ccc(C)c(Cl)c2)C(=O)[C@@H]1C. The number of carbonyl (C=O) groups excluding carboxylic acids is 2. The maximum atomic E-state index is 12.4. The smallest absolute Gasteiger partial charge is 0.249 e. The van der Waals surface area contributed by atoms with Crippen molar-refractivity contribution in [1.82, 2.24) is 4.90 Å². The van der Waals surface area contributed by atoms with Gasteiger partial charge in [0.1, 0.15) is 6.04 Å². The van der Waals surface area contributed by atoms with Crippen molar-refractivity contribution in [2.24, 2.45) is 0 Å². The van der Waals surface area contributed by atoms with E-state index in [9.17, 15) is 9.59 Å². The molecule has 1 aromatic rings. The highest BCUT2D eigenvalue weighted by molar-refractivity contribution is 6.31. The van der Waals surface area contributed by atoms with E-state index in [1.165, 1.54) is 0 Å².